The fourth-order valence-electron chi connectivity index (χ4n) is 6.36. The number of fused-ring (bicyclic) bond motifs is 3. The van der Waals surface area contributed by atoms with Crippen LogP contribution in [0.25, 0.3) is 22.4 Å². The second-order valence-electron chi connectivity index (χ2n) is 12.6. The molecule has 0 unspecified atom stereocenters. The van der Waals surface area contributed by atoms with E-state index in [0.29, 0.717) is 40.3 Å². The molecule has 1 aromatic heterocycles. The molecule has 6 nitrogen and oxygen atoms in total. The Balaban J connectivity index is 1.42. The van der Waals surface area contributed by atoms with E-state index in [2.05, 4.69) is 30.2 Å². The molecule has 0 fully saturated rings. The predicted octanol–water partition coefficient (Wildman–Crippen LogP) is 9.23. The summed E-state index contributed by atoms with van der Waals surface area (Å²) >= 11 is 0. The number of nitrogens with one attached hydrogen (secondary N) is 2. The molecule has 5 aromatic rings. The van der Waals surface area contributed by atoms with E-state index < -0.39 is 18.8 Å². The molecule has 1 aliphatic heterocycles. The van der Waals surface area contributed by atoms with Crippen LogP contribution in [-0.2, 0) is 12.8 Å². The number of carbonyl (C=O) groups excluding carboxylic acids is 2. The van der Waals surface area contributed by atoms with Crippen LogP contribution in [0.1, 0.15) is 89.1 Å². The van der Waals surface area contributed by atoms with Gasteiger partial charge >= 0.3 is 0 Å². The number of rotatable bonds is 5. The molecule has 47 heavy (non-hydrogen) atoms. The quantitative estimate of drug-likeness (QED) is 0.204. The highest BCUT2D eigenvalue weighted by Crippen LogP contribution is 2.41. The van der Waals surface area contributed by atoms with Gasteiger partial charge in [-0.05, 0) is 141 Å². The molecule has 4 aromatic carbocycles. The SMILES string of the molecule is [2H]C1([2H])c2[nH]c(CC)nc2-c2c(cc(C)c(C)c2C)N(C(=O)c2ccc(NC(=O)c3ccc(C)c(C)c3-c3cccc(C)c3C)c(C)c2)C1([2H])[2H]. The van der Waals surface area contributed by atoms with E-state index in [1.807, 2.05) is 65.8 Å². The molecule has 0 atom stereocenters. The first-order chi connectivity index (χ1) is 23.9. The zero-order valence-electron chi connectivity index (χ0n) is 32.6. The summed E-state index contributed by atoms with van der Waals surface area (Å²) in [4.78, 5) is 37.2. The minimum atomic E-state index is -2.82. The number of anilines is 2. The number of H-pyrrole nitrogens is 1. The topological polar surface area (TPSA) is 78.1 Å². The van der Waals surface area contributed by atoms with Crippen LogP contribution >= 0.6 is 0 Å². The Labute approximate surface area is 283 Å². The van der Waals surface area contributed by atoms with Gasteiger partial charge in [0, 0.05) is 50.1 Å². The van der Waals surface area contributed by atoms with Crippen molar-refractivity contribution < 1.29 is 15.1 Å². The summed E-state index contributed by atoms with van der Waals surface area (Å²) in [6.45, 7) is 14.8. The lowest BCUT2D eigenvalue weighted by atomic mass is 9.88. The third kappa shape index (κ3) is 5.56. The fourth-order valence-corrected chi connectivity index (χ4v) is 6.36. The molecule has 6 heteroatoms. The van der Waals surface area contributed by atoms with Crippen molar-refractivity contribution >= 4 is 23.2 Å². The van der Waals surface area contributed by atoms with Crippen LogP contribution in [0.15, 0.2) is 54.6 Å². The maximum absolute atomic E-state index is 14.6. The smallest absolute Gasteiger partial charge is 0.258 e. The average Bonchev–Trinajstić information content (AvgIpc) is 3.50. The van der Waals surface area contributed by atoms with Crippen molar-refractivity contribution in [1.29, 1.82) is 0 Å². The number of imidazole rings is 1. The van der Waals surface area contributed by atoms with E-state index in [-0.39, 0.29) is 22.9 Å². The summed E-state index contributed by atoms with van der Waals surface area (Å²) in [7, 11) is 0. The van der Waals surface area contributed by atoms with Crippen molar-refractivity contribution in [3.8, 4) is 22.4 Å². The van der Waals surface area contributed by atoms with Gasteiger partial charge in [-0.2, -0.15) is 0 Å². The largest absolute Gasteiger partial charge is 0.345 e. The molecular formula is C41H44N4O2. The fraction of sp³-hybridized carbons (Fsp3) is 0.293. The minimum absolute atomic E-state index is 0.00747. The number of aromatic amines is 1. The summed E-state index contributed by atoms with van der Waals surface area (Å²) in [5.74, 6) is -0.456. The molecule has 2 heterocycles. The van der Waals surface area contributed by atoms with Crippen LogP contribution in [0.3, 0.4) is 0 Å². The van der Waals surface area contributed by atoms with Crippen LogP contribution in [0.5, 0.6) is 0 Å². The minimum Gasteiger partial charge on any atom is -0.345 e. The number of carbonyl (C=O) groups is 2. The summed E-state index contributed by atoms with van der Waals surface area (Å²) in [5, 5.41) is 3.05. The Morgan fingerprint density at radius 1 is 0.830 bits per heavy atom. The van der Waals surface area contributed by atoms with Crippen LogP contribution in [-0.4, -0.2) is 28.3 Å². The third-order valence-corrected chi connectivity index (χ3v) is 9.78. The van der Waals surface area contributed by atoms with E-state index in [4.69, 9.17) is 7.73 Å². The number of aromatic nitrogens is 2. The number of hydrogen-bond acceptors (Lipinski definition) is 3. The van der Waals surface area contributed by atoms with Crippen LogP contribution in [0.2, 0.25) is 0 Å². The molecule has 0 aliphatic carbocycles. The number of amides is 2. The van der Waals surface area contributed by atoms with Crippen molar-refractivity contribution in [3.63, 3.8) is 0 Å². The molecule has 6 rings (SSSR count). The van der Waals surface area contributed by atoms with Crippen molar-refractivity contribution in [2.24, 2.45) is 0 Å². The molecule has 0 saturated carbocycles. The van der Waals surface area contributed by atoms with Crippen molar-refractivity contribution in [3.05, 3.63) is 122 Å². The Kier molecular flexibility index (Phi) is 7.13. The number of aryl methyl sites for hydroxylation is 6. The van der Waals surface area contributed by atoms with Gasteiger partial charge in [0.05, 0.1) is 14.1 Å². The number of hydrogen-bond donors (Lipinski definition) is 2. The van der Waals surface area contributed by atoms with E-state index in [9.17, 15) is 12.3 Å². The lowest BCUT2D eigenvalue weighted by Gasteiger charge is -2.26. The van der Waals surface area contributed by atoms with E-state index in [1.54, 1.807) is 31.2 Å². The van der Waals surface area contributed by atoms with E-state index >= 15 is 0 Å². The maximum Gasteiger partial charge on any atom is 0.258 e. The standard InChI is InChI=1S/C41H44N4O2/c1-10-36-42-34-18-19-45(35-21-24(4)26(6)29(9)38(35)39(34)44-36)41(47)30-15-17-33(25(5)20-30)43-40(46)32-16-14-23(3)28(8)37(32)31-13-11-12-22(2)27(31)7/h11-17,20-21H,10,18-19H2,1-9H3,(H,42,44)(H,43,46)/i18D2,19D2. The maximum atomic E-state index is 14.6. The molecule has 0 bridgehead atoms. The highest BCUT2D eigenvalue weighted by atomic mass is 16.2. The Bertz CT molecular complexity index is 2270. The van der Waals surface area contributed by atoms with Crippen molar-refractivity contribution in [2.75, 3.05) is 16.7 Å². The summed E-state index contributed by atoms with van der Waals surface area (Å²) in [5.41, 5.74) is 11.7. The first-order valence-corrected chi connectivity index (χ1v) is 16.1. The molecule has 0 radical (unpaired) electrons. The van der Waals surface area contributed by atoms with Crippen LogP contribution < -0.4 is 10.2 Å². The Morgan fingerprint density at radius 3 is 2.30 bits per heavy atom. The molecule has 0 saturated heterocycles. The van der Waals surface area contributed by atoms with Crippen molar-refractivity contribution in [2.45, 2.75) is 75.1 Å². The number of benzene rings is 4. The summed E-state index contributed by atoms with van der Waals surface area (Å²) in [6, 6.07) is 16.4. The van der Waals surface area contributed by atoms with Gasteiger partial charge in [0.1, 0.15) is 5.82 Å². The second-order valence-corrected chi connectivity index (χ2v) is 12.6. The van der Waals surface area contributed by atoms with Crippen LogP contribution in [0.4, 0.5) is 11.4 Å². The highest BCUT2D eigenvalue weighted by molar-refractivity contribution is 6.11. The Hall–Kier alpha value is -4.97. The van der Waals surface area contributed by atoms with Gasteiger partial charge in [-0.3, -0.25) is 9.59 Å². The summed E-state index contributed by atoms with van der Waals surface area (Å²) in [6.07, 6.45) is -2.14. The van der Waals surface area contributed by atoms with Gasteiger partial charge in [0.15, 0.2) is 0 Å². The molecule has 2 N–H and O–H groups in total. The van der Waals surface area contributed by atoms with Crippen LogP contribution in [0, 0.1) is 55.4 Å². The lowest BCUT2D eigenvalue weighted by Crippen LogP contribution is -2.33. The van der Waals surface area contributed by atoms with Gasteiger partial charge in [0.2, 0.25) is 0 Å². The first-order valence-electron chi connectivity index (χ1n) is 18.1. The van der Waals surface area contributed by atoms with Gasteiger partial charge < -0.3 is 15.2 Å². The van der Waals surface area contributed by atoms with Gasteiger partial charge in [-0.25, -0.2) is 4.98 Å². The van der Waals surface area contributed by atoms with E-state index in [1.165, 1.54) is 0 Å². The van der Waals surface area contributed by atoms with Gasteiger partial charge in [0.25, 0.3) is 11.8 Å². The van der Waals surface area contributed by atoms with Gasteiger partial charge in [-0.15, -0.1) is 0 Å². The molecule has 1 aliphatic rings. The molecular weight excluding hydrogens is 580 g/mol. The summed E-state index contributed by atoms with van der Waals surface area (Å²) < 4.78 is 36.8. The highest BCUT2D eigenvalue weighted by Gasteiger charge is 2.30. The van der Waals surface area contributed by atoms with Crippen molar-refractivity contribution in [1.82, 2.24) is 9.97 Å². The first kappa shape index (κ1) is 27.2. The number of nitrogens with zero attached hydrogens (tertiary/aromatic N) is 2. The molecule has 2 amide bonds. The normalized spacial score (nSPS) is 15.8. The predicted molar refractivity (Wildman–Crippen MR) is 193 cm³/mol. The molecule has 240 valence electrons. The van der Waals surface area contributed by atoms with Gasteiger partial charge in [-0.1, -0.05) is 31.2 Å². The average molecular weight is 629 g/mol. The van der Waals surface area contributed by atoms with E-state index in [0.717, 1.165) is 55.0 Å². The zero-order valence-corrected chi connectivity index (χ0v) is 28.6. The molecule has 0 spiro atoms. The monoisotopic (exact) mass is 628 g/mol. The third-order valence-electron chi connectivity index (χ3n) is 9.78. The second kappa shape index (κ2) is 12.3. The zero-order chi connectivity index (χ0) is 37.3. The Morgan fingerprint density at radius 2 is 1.57 bits per heavy atom. The lowest BCUT2D eigenvalue weighted by molar-refractivity contribution is 0.0986.